The zero-order chi connectivity index (χ0) is 17.7. The Labute approximate surface area is 146 Å². The highest BCUT2D eigenvalue weighted by Gasteiger charge is 2.30. The Hall–Kier alpha value is -2.19. The molecule has 0 saturated carbocycles. The highest BCUT2D eigenvalue weighted by Crippen LogP contribution is 2.28. The molecule has 7 nitrogen and oxygen atoms in total. The number of rotatable bonds is 7. The molecule has 8 heteroatoms. The summed E-state index contributed by atoms with van der Waals surface area (Å²) in [4.78, 5) is 26.6. The van der Waals surface area contributed by atoms with Gasteiger partial charge >= 0.3 is 5.97 Å². The summed E-state index contributed by atoms with van der Waals surface area (Å²) in [5, 5.41) is 20.7. The van der Waals surface area contributed by atoms with Gasteiger partial charge < -0.3 is 19.9 Å². The van der Waals surface area contributed by atoms with E-state index in [0.717, 1.165) is 17.0 Å². The first-order chi connectivity index (χ1) is 11.3. The number of benzene rings is 1. The predicted octanol–water partition coefficient (Wildman–Crippen LogP) is 1.99. The van der Waals surface area contributed by atoms with Gasteiger partial charge in [0.25, 0.3) is 0 Å². The van der Waals surface area contributed by atoms with E-state index in [9.17, 15) is 14.7 Å². The van der Waals surface area contributed by atoms with Crippen molar-refractivity contribution in [3.63, 3.8) is 0 Å². The number of nitrogens with zero attached hydrogens (tertiary/aromatic N) is 1. The van der Waals surface area contributed by atoms with E-state index in [1.54, 1.807) is 6.20 Å². The summed E-state index contributed by atoms with van der Waals surface area (Å²) < 4.78 is 6.50. The molecule has 0 aliphatic carbocycles. The Balaban J connectivity index is 1.88. The molecule has 24 heavy (non-hydrogen) atoms. The van der Waals surface area contributed by atoms with Crippen molar-refractivity contribution >= 4 is 27.8 Å². The maximum atomic E-state index is 11.7. The van der Waals surface area contributed by atoms with Crippen molar-refractivity contribution in [1.82, 2.24) is 10.3 Å². The lowest BCUT2D eigenvalue weighted by Crippen LogP contribution is -2.46. The standard InChI is InChI=1S/C16H17BrN2O5/c1-16(23,15(21)22)9-19-13(20)6-7-14-18-8-12(24-14)10-4-2-3-5-11(10)17/h2-5,8,23H,6-7,9H2,1H3,(H,19,20)(H,21,22). The number of halogens is 1. The molecule has 1 aromatic carbocycles. The molecule has 2 aromatic rings. The summed E-state index contributed by atoms with van der Waals surface area (Å²) in [6.45, 7) is 0.753. The van der Waals surface area contributed by atoms with Crippen LogP contribution in [0.1, 0.15) is 19.2 Å². The summed E-state index contributed by atoms with van der Waals surface area (Å²) in [6, 6.07) is 7.54. The van der Waals surface area contributed by atoms with Crippen LogP contribution in [-0.4, -0.2) is 39.2 Å². The number of amides is 1. The second-order valence-electron chi connectivity index (χ2n) is 5.45. The van der Waals surface area contributed by atoms with Crippen LogP contribution in [0.15, 0.2) is 39.4 Å². The normalized spacial score (nSPS) is 13.3. The van der Waals surface area contributed by atoms with Crippen molar-refractivity contribution < 1.29 is 24.2 Å². The Morgan fingerprint density at radius 3 is 2.75 bits per heavy atom. The summed E-state index contributed by atoms with van der Waals surface area (Å²) >= 11 is 3.43. The Bertz CT molecular complexity index is 742. The molecule has 1 amide bonds. The van der Waals surface area contributed by atoms with Gasteiger partial charge in [-0.1, -0.05) is 34.1 Å². The third-order valence-corrected chi connectivity index (χ3v) is 4.04. The molecule has 0 saturated heterocycles. The predicted molar refractivity (Wildman–Crippen MR) is 89.2 cm³/mol. The van der Waals surface area contributed by atoms with Crippen LogP contribution in [-0.2, 0) is 16.0 Å². The van der Waals surface area contributed by atoms with Crippen molar-refractivity contribution in [2.75, 3.05) is 6.54 Å². The van der Waals surface area contributed by atoms with E-state index < -0.39 is 17.5 Å². The molecule has 0 aliphatic rings. The first-order valence-corrected chi connectivity index (χ1v) is 8.01. The average molecular weight is 397 g/mol. The van der Waals surface area contributed by atoms with Crippen LogP contribution < -0.4 is 5.32 Å². The summed E-state index contributed by atoms with van der Waals surface area (Å²) in [5.41, 5.74) is -1.14. The van der Waals surface area contributed by atoms with Crippen molar-refractivity contribution in [1.29, 1.82) is 0 Å². The molecule has 1 aromatic heterocycles. The van der Waals surface area contributed by atoms with Crippen LogP contribution in [0.25, 0.3) is 11.3 Å². The lowest BCUT2D eigenvalue weighted by Gasteiger charge is -2.18. The number of aliphatic carboxylic acids is 1. The molecule has 0 radical (unpaired) electrons. The summed E-state index contributed by atoms with van der Waals surface area (Å²) in [7, 11) is 0. The first kappa shape index (κ1) is 18.2. The summed E-state index contributed by atoms with van der Waals surface area (Å²) in [5.74, 6) is -0.793. The van der Waals surface area contributed by atoms with Gasteiger partial charge in [-0.15, -0.1) is 0 Å². The maximum absolute atomic E-state index is 11.7. The van der Waals surface area contributed by atoms with E-state index in [-0.39, 0.29) is 19.4 Å². The molecular weight excluding hydrogens is 380 g/mol. The number of hydrogen-bond donors (Lipinski definition) is 3. The number of aromatic nitrogens is 1. The van der Waals surface area contributed by atoms with Gasteiger partial charge in [0.05, 0.1) is 12.7 Å². The van der Waals surface area contributed by atoms with E-state index in [4.69, 9.17) is 9.52 Å². The first-order valence-electron chi connectivity index (χ1n) is 7.21. The molecule has 1 unspecified atom stereocenters. The number of carbonyl (C=O) groups excluding carboxylic acids is 1. The van der Waals surface area contributed by atoms with Crippen molar-refractivity contribution in [3.8, 4) is 11.3 Å². The van der Waals surface area contributed by atoms with Gasteiger partial charge in [-0.3, -0.25) is 4.79 Å². The topological polar surface area (TPSA) is 113 Å². The number of hydrogen-bond acceptors (Lipinski definition) is 5. The van der Waals surface area contributed by atoms with Crippen molar-refractivity contribution in [3.05, 3.63) is 40.8 Å². The third kappa shape index (κ3) is 4.65. The van der Waals surface area contributed by atoms with E-state index in [1.807, 2.05) is 24.3 Å². The minimum absolute atomic E-state index is 0.0750. The number of carboxylic acids is 1. The van der Waals surface area contributed by atoms with E-state index >= 15 is 0 Å². The molecule has 0 spiro atoms. The molecule has 128 valence electrons. The Morgan fingerprint density at radius 2 is 2.08 bits per heavy atom. The average Bonchev–Trinajstić information content (AvgIpc) is 3.00. The van der Waals surface area contributed by atoms with Gasteiger partial charge in [0.1, 0.15) is 0 Å². The Morgan fingerprint density at radius 1 is 1.38 bits per heavy atom. The fourth-order valence-electron chi connectivity index (χ4n) is 1.87. The summed E-state index contributed by atoms with van der Waals surface area (Å²) in [6.07, 6.45) is 1.93. The van der Waals surface area contributed by atoms with Gasteiger partial charge in [0.15, 0.2) is 17.3 Å². The fraction of sp³-hybridized carbons (Fsp3) is 0.312. The number of carboxylic acid groups (broad SMARTS) is 1. The van der Waals surface area contributed by atoms with Gasteiger partial charge in [-0.25, -0.2) is 9.78 Å². The minimum atomic E-state index is -1.99. The number of nitrogens with one attached hydrogen (secondary N) is 1. The Kier molecular flexibility index (Phi) is 5.74. The van der Waals surface area contributed by atoms with Gasteiger partial charge in [-0.2, -0.15) is 0 Å². The number of aliphatic hydroxyl groups is 1. The lowest BCUT2D eigenvalue weighted by atomic mass is 10.1. The highest BCUT2D eigenvalue weighted by molar-refractivity contribution is 9.10. The van der Waals surface area contributed by atoms with Gasteiger partial charge in [0, 0.05) is 22.9 Å². The maximum Gasteiger partial charge on any atom is 0.337 e. The molecule has 0 aliphatic heterocycles. The van der Waals surface area contributed by atoms with Crippen LogP contribution in [0.4, 0.5) is 0 Å². The minimum Gasteiger partial charge on any atom is -0.479 e. The molecular formula is C16H17BrN2O5. The smallest absolute Gasteiger partial charge is 0.337 e. The number of aryl methyl sites for hydroxylation is 1. The molecule has 3 N–H and O–H groups in total. The van der Waals surface area contributed by atoms with Crippen LogP contribution in [0.3, 0.4) is 0 Å². The largest absolute Gasteiger partial charge is 0.479 e. The fourth-order valence-corrected chi connectivity index (χ4v) is 2.35. The third-order valence-electron chi connectivity index (χ3n) is 3.35. The van der Waals surface area contributed by atoms with Crippen molar-refractivity contribution in [2.24, 2.45) is 0 Å². The SMILES string of the molecule is CC(O)(CNC(=O)CCc1ncc(-c2ccccc2Br)o1)C(=O)O. The van der Waals surface area contributed by atoms with Crippen LogP contribution >= 0.6 is 15.9 Å². The molecule has 0 bridgehead atoms. The van der Waals surface area contributed by atoms with E-state index in [1.165, 1.54) is 0 Å². The van der Waals surface area contributed by atoms with Gasteiger partial charge in [-0.05, 0) is 13.0 Å². The molecule has 1 atom stereocenters. The zero-order valence-electron chi connectivity index (χ0n) is 13.0. The van der Waals surface area contributed by atoms with Crippen LogP contribution in [0.5, 0.6) is 0 Å². The van der Waals surface area contributed by atoms with E-state index in [0.29, 0.717) is 11.7 Å². The lowest BCUT2D eigenvalue weighted by molar-refractivity contribution is -0.156. The second kappa shape index (κ2) is 7.59. The monoisotopic (exact) mass is 396 g/mol. The van der Waals surface area contributed by atoms with Crippen LogP contribution in [0.2, 0.25) is 0 Å². The zero-order valence-corrected chi connectivity index (χ0v) is 14.5. The van der Waals surface area contributed by atoms with Crippen molar-refractivity contribution in [2.45, 2.75) is 25.4 Å². The molecule has 1 heterocycles. The second-order valence-corrected chi connectivity index (χ2v) is 6.31. The van der Waals surface area contributed by atoms with E-state index in [2.05, 4.69) is 26.2 Å². The quantitative estimate of drug-likeness (QED) is 0.659. The molecule has 2 rings (SSSR count). The molecule has 0 fully saturated rings. The highest BCUT2D eigenvalue weighted by atomic mass is 79.9. The van der Waals surface area contributed by atoms with Crippen LogP contribution in [0, 0.1) is 0 Å². The van der Waals surface area contributed by atoms with Gasteiger partial charge in [0.2, 0.25) is 5.91 Å². The number of carbonyl (C=O) groups is 2. The number of oxazole rings is 1.